The third kappa shape index (κ3) is 5.88. The Hall–Kier alpha value is -2.54. The molecule has 1 N–H and O–H groups in total. The van der Waals surface area contributed by atoms with Gasteiger partial charge in [-0.1, -0.05) is 94.1 Å². The van der Waals surface area contributed by atoms with Gasteiger partial charge in [0.15, 0.2) is 0 Å². The van der Waals surface area contributed by atoms with E-state index in [1.807, 2.05) is 7.05 Å². The maximum atomic E-state index is 3.20. The molecular weight excluding hydrogens is 398 g/mol. The monoisotopic (exact) mass is 439 g/mol. The molecule has 174 valence electrons. The van der Waals surface area contributed by atoms with Crippen LogP contribution >= 0.6 is 0 Å². The third-order valence-electron chi connectivity index (χ3n) is 7.75. The minimum Gasteiger partial charge on any atom is -0.388 e. The highest BCUT2D eigenvalue weighted by Gasteiger charge is 2.22. The van der Waals surface area contributed by atoms with Gasteiger partial charge < -0.3 is 5.32 Å². The predicted molar refractivity (Wildman–Crippen MR) is 145 cm³/mol. The minimum absolute atomic E-state index is 0.759. The first-order valence-corrected chi connectivity index (χ1v) is 13.2. The predicted octanol–water partition coefficient (Wildman–Crippen LogP) is 9.48. The Kier molecular flexibility index (Phi) is 8.26. The van der Waals surface area contributed by atoms with Crippen LogP contribution in [0.1, 0.15) is 82.3 Å². The van der Waals surface area contributed by atoms with Crippen molar-refractivity contribution in [3.63, 3.8) is 0 Å². The second kappa shape index (κ2) is 11.5. The average molecular weight is 440 g/mol. The number of hydrogen-bond donors (Lipinski definition) is 1. The van der Waals surface area contributed by atoms with Crippen molar-refractivity contribution >= 4 is 5.69 Å². The molecule has 1 aliphatic rings. The first kappa shape index (κ1) is 23.6. The molecule has 0 aliphatic heterocycles. The van der Waals surface area contributed by atoms with E-state index in [-0.39, 0.29) is 0 Å². The van der Waals surface area contributed by atoms with Gasteiger partial charge in [0.05, 0.1) is 0 Å². The van der Waals surface area contributed by atoms with Crippen LogP contribution in [0.2, 0.25) is 0 Å². The number of rotatable bonds is 9. The van der Waals surface area contributed by atoms with Gasteiger partial charge in [0.1, 0.15) is 0 Å². The van der Waals surface area contributed by atoms with Crippen LogP contribution in [0.4, 0.5) is 5.69 Å². The van der Waals surface area contributed by atoms with Crippen LogP contribution in [-0.2, 0) is 6.42 Å². The highest BCUT2D eigenvalue weighted by atomic mass is 14.8. The zero-order chi connectivity index (χ0) is 23.0. The maximum absolute atomic E-state index is 3.20. The van der Waals surface area contributed by atoms with Crippen molar-refractivity contribution in [2.75, 3.05) is 12.4 Å². The van der Waals surface area contributed by atoms with Gasteiger partial charge in [-0.2, -0.15) is 0 Å². The molecule has 0 spiro atoms. The fourth-order valence-corrected chi connectivity index (χ4v) is 5.58. The summed E-state index contributed by atoms with van der Waals surface area (Å²) in [5.74, 6) is 1.74. The molecule has 0 heterocycles. The summed E-state index contributed by atoms with van der Waals surface area (Å²) < 4.78 is 0. The molecule has 1 nitrogen and oxygen atoms in total. The van der Waals surface area contributed by atoms with Gasteiger partial charge in [-0.05, 0) is 89.5 Å². The molecule has 0 atom stereocenters. The van der Waals surface area contributed by atoms with Crippen LogP contribution in [0.5, 0.6) is 0 Å². The summed E-state index contributed by atoms with van der Waals surface area (Å²) in [7, 11) is 1.96. The standard InChI is InChI=1S/C32H41N/c1-4-6-7-8-24-9-11-26(12-10-24)27-13-15-29(16-14-27)32-22-19-30(23-25(32)5-2)28-17-20-31(33-3)21-18-28/h13-24,26,33H,4-12H2,1-3H3. The normalized spacial score (nSPS) is 18.3. The van der Waals surface area contributed by atoms with E-state index >= 15 is 0 Å². The molecule has 0 bridgehead atoms. The molecule has 1 saturated carbocycles. The number of hydrogen-bond acceptors (Lipinski definition) is 1. The summed E-state index contributed by atoms with van der Waals surface area (Å²) in [5, 5.41) is 3.20. The molecule has 1 fully saturated rings. The first-order chi connectivity index (χ1) is 16.2. The number of benzene rings is 3. The van der Waals surface area contributed by atoms with Crippen LogP contribution in [0, 0.1) is 5.92 Å². The largest absolute Gasteiger partial charge is 0.388 e. The Morgan fingerprint density at radius 3 is 2.03 bits per heavy atom. The average Bonchev–Trinajstić information content (AvgIpc) is 2.89. The van der Waals surface area contributed by atoms with Gasteiger partial charge in [0, 0.05) is 12.7 Å². The van der Waals surface area contributed by atoms with Crippen LogP contribution in [0.3, 0.4) is 0 Å². The molecule has 3 aromatic carbocycles. The number of anilines is 1. The van der Waals surface area contributed by atoms with E-state index in [0.29, 0.717) is 0 Å². The summed E-state index contributed by atoms with van der Waals surface area (Å²) in [6.07, 6.45) is 12.3. The Morgan fingerprint density at radius 1 is 0.727 bits per heavy atom. The van der Waals surface area contributed by atoms with E-state index in [1.165, 1.54) is 79.2 Å². The first-order valence-electron chi connectivity index (χ1n) is 13.2. The van der Waals surface area contributed by atoms with E-state index in [4.69, 9.17) is 0 Å². The lowest BCUT2D eigenvalue weighted by molar-refractivity contribution is 0.303. The van der Waals surface area contributed by atoms with Crippen LogP contribution in [-0.4, -0.2) is 7.05 Å². The molecule has 0 aromatic heterocycles. The summed E-state index contributed by atoms with van der Waals surface area (Å²) in [6, 6.07) is 25.2. The fourth-order valence-electron chi connectivity index (χ4n) is 5.58. The van der Waals surface area contributed by atoms with Crippen LogP contribution in [0.25, 0.3) is 22.3 Å². The summed E-state index contributed by atoms with van der Waals surface area (Å²) in [4.78, 5) is 0. The van der Waals surface area contributed by atoms with Crippen LogP contribution < -0.4 is 5.32 Å². The van der Waals surface area contributed by atoms with Gasteiger partial charge in [-0.3, -0.25) is 0 Å². The lowest BCUT2D eigenvalue weighted by atomic mass is 9.77. The van der Waals surface area contributed by atoms with Gasteiger partial charge >= 0.3 is 0 Å². The topological polar surface area (TPSA) is 12.0 Å². The zero-order valence-electron chi connectivity index (χ0n) is 20.9. The highest BCUT2D eigenvalue weighted by Crippen LogP contribution is 2.38. The summed E-state index contributed by atoms with van der Waals surface area (Å²) >= 11 is 0. The second-order valence-corrected chi connectivity index (χ2v) is 9.89. The van der Waals surface area contributed by atoms with Crippen molar-refractivity contribution in [1.82, 2.24) is 0 Å². The van der Waals surface area contributed by atoms with Crippen molar-refractivity contribution in [3.8, 4) is 22.3 Å². The van der Waals surface area contributed by atoms with E-state index in [9.17, 15) is 0 Å². The lowest BCUT2D eigenvalue weighted by Crippen LogP contribution is -2.13. The van der Waals surface area contributed by atoms with Gasteiger partial charge in [-0.15, -0.1) is 0 Å². The Balaban J connectivity index is 1.44. The molecule has 33 heavy (non-hydrogen) atoms. The van der Waals surface area contributed by atoms with Crippen molar-refractivity contribution in [2.45, 2.75) is 77.6 Å². The fraction of sp³-hybridized carbons (Fsp3) is 0.438. The molecule has 1 heteroatoms. The Morgan fingerprint density at radius 2 is 1.39 bits per heavy atom. The lowest BCUT2D eigenvalue weighted by Gasteiger charge is -2.29. The van der Waals surface area contributed by atoms with Crippen molar-refractivity contribution in [3.05, 3.63) is 77.9 Å². The summed E-state index contributed by atoms with van der Waals surface area (Å²) in [6.45, 7) is 4.57. The smallest absolute Gasteiger partial charge is 0.0337 e. The minimum atomic E-state index is 0.759. The second-order valence-electron chi connectivity index (χ2n) is 9.89. The zero-order valence-corrected chi connectivity index (χ0v) is 20.9. The quantitative estimate of drug-likeness (QED) is 0.327. The molecule has 0 saturated heterocycles. The van der Waals surface area contributed by atoms with Crippen molar-refractivity contribution in [1.29, 1.82) is 0 Å². The molecule has 0 radical (unpaired) electrons. The van der Waals surface area contributed by atoms with Crippen molar-refractivity contribution < 1.29 is 0 Å². The number of nitrogens with one attached hydrogen (secondary N) is 1. The molecular formula is C32H41N. The third-order valence-corrected chi connectivity index (χ3v) is 7.75. The molecule has 0 amide bonds. The number of unbranched alkanes of at least 4 members (excludes halogenated alkanes) is 2. The number of aryl methyl sites for hydroxylation is 1. The molecule has 4 rings (SSSR count). The van der Waals surface area contributed by atoms with E-state index in [2.05, 4.69) is 85.9 Å². The van der Waals surface area contributed by atoms with E-state index < -0.39 is 0 Å². The Bertz CT molecular complexity index is 992. The molecule has 3 aromatic rings. The van der Waals surface area contributed by atoms with Gasteiger partial charge in [0.2, 0.25) is 0 Å². The van der Waals surface area contributed by atoms with Crippen molar-refractivity contribution in [2.24, 2.45) is 5.92 Å². The van der Waals surface area contributed by atoms with Gasteiger partial charge in [0.25, 0.3) is 0 Å². The SMILES string of the molecule is CCCCCC1CCC(c2ccc(-c3ccc(-c4ccc(NC)cc4)cc3CC)cc2)CC1. The van der Waals surface area contributed by atoms with E-state index in [0.717, 1.165) is 23.9 Å². The van der Waals surface area contributed by atoms with Gasteiger partial charge in [-0.25, -0.2) is 0 Å². The molecule has 0 unspecified atom stereocenters. The van der Waals surface area contributed by atoms with Crippen LogP contribution in [0.15, 0.2) is 66.7 Å². The molecule has 1 aliphatic carbocycles. The van der Waals surface area contributed by atoms with E-state index in [1.54, 1.807) is 5.56 Å². The maximum Gasteiger partial charge on any atom is 0.0337 e. The summed E-state index contributed by atoms with van der Waals surface area (Å²) in [5.41, 5.74) is 9.41. The Labute approximate surface area is 201 Å². The highest BCUT2D eigenvalue weighted by molar-refractivity contribution is 5.74.